The Hall–Kier alpha value is -2.51. The smallest absolute Gasteiger partial charge is 0.214 e. The first kappa shape index (κ1) is 23.2. The summed E-state index contributed by atoms with van der Waals surface area (Å²) in [4.78, 5) is 1.20. The van der Waals surface area contributed by atoms with Crippen molar-refractivity contribution in [1.82, 2.24) is 5.01 Å². The summed E-state index contributed by atoms with van der Waals surface area (Å²) in [5, 5.41) is 9.24. The first-order valence-corrected chi connectivity index (χ1v) is 13.5. The SMILES string of the molecule is CCCCCCOc1ccc([C@@H]2Oc3ccc(Br)cc3[C@H]3CC(c4cccs4)=NN32)cc1OC. The van der Waals surface area contributed by atoms with Crippen molar-refractivity contribution in [2.24, 2.45) is 5.10 Å². The third-order valence-corrected chi connectivity index (χ3v) is 7.70. The van der Waals surface area contributed by atoms with Crippen LogP contribution in [0.1, 0.15) is 67.3 Å². The Labute approximate surface area is 213 Å². The molecule has 7 heteroatoms. The number of hydrazone groups is 1. The van der Waals surface area contributed by atoms with E-state index in [-0.39, 0.29) is 12.3 Å². The fourth-order valence-electron chi connectivity index (χ4n) is 4.54. The van der Waals surface area contributed by atoms with Gasteiger partial charge in [0.05, 0.1) is 30.3 Å². The van der Waals surface area contributed by atoms with Crippen LogP contribution in [0, 0.1) is 0 Å². The zero-order valence-corrected chi connectivity index (χ0v) is 21.9. The summed E-state index contributed by atoms with van der Waals surface area (Å²) >= 11 is 5.35. The Bertz CT molecular complexity index is 1160. The molecular weight excluding hydrogens is 512 g/mol. The number of fused-ring (bicyclic) bond motifs is 3. The van der Waals surface area contributed by atoms with Crippen molar-refractivity contribution in [3.8, 4) is 17.2 Å². The number of unbranched alkanes of at least 4 members (excludes halogenated alkanes) is 3. The predicted octanol–water partition coefficient (Wildman–Crippen LogP) is 7.72. The van der Waals surface area contributed by atoms with Gasteiger partial charge < -0.3 is 14.2 Å². The van der Waals surface area contributed by atoms with Gasteiger partial charge in [0, 0.05) is 22.0 Å². The molecule has 0 aliphatic carbocycles. The van der Waals surface area contributed by atoms with E-state index >= 15 is 0 Å². The molecule has 5 rings (SSSR count). The lowest BCUT2D eigenvalue weighted by Crippen LogP contribution is -2.33. The Balaban J connectivity index is 1.44. The van der Waals surface area contributed by atoms with Crippen LogP contribution < -0.4 is 14.2 Å². The topological polar surface area (TPSA) is 43.3 Å². The van der Waals surface area contributed by atoms with Crippen LogP contribution in [0.4, 0.5) is 0 Å². The maximum absolute atomic E-state index is 6.52. The fourth-order valence-corrected chi connectivity index (χ4v) is 5.64. The lowest BCUT2D eigenvalue weighted by Gasteiger charge is -2.38. The van der Waals surface area contributed by atoms with E-state index in [1.807, 2.05) is 24.3 Å². The molecule has 178 valence electrons. The monoisotopic (exact) mass is 540 g/mol. The van der Waals surface area contributed by atoms with Crippen molar-refractivity contribution in [2.75, 3.05) is 13.7 Å². The van der Waals surface area contributed by atoms with E-state index in [0.717, 1.165) is 51.4 Å². The van der Waals surface area contributed by atoms with Crippen LogP contribution >= 0.6 is 27.3 Å². The van der Waals surface area contributed by atoms with Gasteiger partial charge >= 0.3 is 0 Å². The van der Waals surface area contributed by atoms with Gasteiger partial charge in [0.1, 0.15) is 5.75 Å². The molecule has 0 saturated heterocycles. The van der Waals surface area contributed by atoms with E-state index < -0.39 is 0 Å². The quantitative estimate of drug-likeness (QED) is 0.260. The number of methoxy groups -OCH3 is 1. The molecule has 3 aromatic rings. The average molecular weight is 542 g/mol. The summed E-state index contributed by atoms with van der Waals surface area (Å²) < 4.78 is 19.3. The molecule has 34 heavy (non-hydrogen) atoms. The molecule has 0 spiro atoms. The number of ether oxygens (including phenoxy) is 3. The summed E-state index contributed by atoms with van der Waals surface area (Å²) in [6.07, 6.45) is 5.19. The van der Waals surface area contributed by atoms with Crippen LogP contribution in [0.3, 0.4) is 0 Å². The zero-order chi connectivity index (χ0) is 23.5. The van der Waals surface area contributed by atoms with Crippen molar-refractivity contribution in [1.29, 1.82) is 0 Å². The van der Waals surface area contributed by atoms with Crippen LogP contribution in [-0.2, 0) is 0 Å². The maximum Gasteiger partial charge on any atom is 0.214 e. The molecule has 0 bridgehead atoms. The molecule has 0 unspecified atom stereocenters. The number of halogens is 1. The largest absolute Gasteiger partial charge is 0.493 e. The molecule has 1 aromatic heterocycles. The van der Waals surface area contributed by atoms with Gasteiger partial charge in [-0.25, -0.2) is 5.01 Å². The molecule has 0 fully saturated rings. The maximum atomic E-state index is 6.52. The van der Waals surface area contributed by atoms with Crippen LogP contribution in [-0.4, -0.2) is 24.4 Å². The van der Waals surface area contributed by atoms with E-state index in [1.165, 1.54) is 24.1 Å². The molecule has 5 nitrogen and oxygen atoms in total. The van der Waals surface area contributed by atoms with Gasteiger partial charge in [-0.1, -0.05) is 48.2 Å². The third kappa shape index (κ3) is 4.68. The Kier molecular flexibility index (Phi) is 7.11. The highest BCUT2D eigenvalue weighted by Gasteiger charge is 2.41. The zero-order valence-electron chi connectivity index (χ0n) is 19.5. The number of hydrogen-bond acceptors (Lipinski definition) is 6. The van der Waals surface area contributed by atoms with E-state index in [4.69, 9.17) is 19.3 Å². The van der Waals surface area contributed by atoms with E-state index in [1.54, 1.807) is 18.4 Å². The van der Waals surface area contributed by atoms with Crippen molar-refractivity contribution < 1.29 is 14.2 Å². The standard InChI is InChI=1S/C27H29BrN2O3S/c1-3-4-5-6-13-32-24-11-9-18(15-25(24)31-2)27-30-22(17-21(29-30)26-8-7-14-34-26)20-16-19(28)10-12-23(20)33-27/h7-12,14-16,22,27H,3-6,13,17H2,1-2H3/t22-,27+/m1/s1. The molecule has 2 aliphatic heterocycles. The van der Waals surface area contributed by atoms with Crippen molar-refractivity contribution in [3.63, 3.8) is 0 Å². The van der Waals surface area contributed by atoms with E-state index in [2.05, 4.69) is 57.5 Å². The van der Waals surface area contributed by atoms with Crippen LogP contribution in [0.2, 0.25) is 0 Å². The van der Waals surface area contributed by atoms with Crippen molar-refractivity contribution in [3.05, 3.63) is 74.4 Å². The number of hydrogen-bond donors (Lipinski definition) is 0. The van der Waals surface area contributed by atoms with Crippen molar-refractivity contribution in [2.45, 2.75) is 51.3 Å². The van der Waals surface area contributed by atoms with Gasteiger partial charge in [0.15, 0.2) is 11.5 Å². The molecule has 0 amide bonds. The molecule has 3 heterocycles. The third-order valence-electron chi connectivity index (χ3n) is 6.29. The fraction of sp³-hybridized carbons (Fsp3) is 0.370. The first-order valence-electron chi connectivity index (χ1n) is 11.8. The molecular formula is C27H29BrN2O3S. The summed E-state index contributed by atoms with van der Waals surface area (Å²) in [7, 11) is 1.68. The van der Waals surface area contributed by atoms with Crippen LogP contribution in [0.15, 0.2) is 63.5 Å². The van der Waals surface area contributed by atoms with Crippen LogP contribution in [0.25, 0.3) is 0 Å². The summed E-state index contributed by atoms with van der Waals surface area (Å²) in [5.74, 6) is 2.38. The highest BCUT2D eigenvalue weighted by atomic mass is 79.9. The van der Waals surface area contributed by atoms with Gasteiger partial charge in [-0.2, -0.15) is 5.10 Å². The second kappa shape index (κ2) is 10.4. The van der Waals surface area contributed by atoms with Gasteiger partial charge in [0.2, 0.25) is 6.23 Å². The number of benzene rings is 2. The second-order valence-corrected chi connectivity index (χ2v) is 10.5. The minimum Gasteiger partial charge on any atom is -0.493 e. The lowest BCUT2D eigenvalue weighted by molar-refractivity contribution is -0.0192. The molecule has 2 atom stereocenters. The lowest BCUT2D eigenvalue weighted by atomic mass is 9.97. The number of rotatable bonds is 9. The first-order chi connectivity index (χ1) is 16.7. The molecule has 2 aromatic carbocycles. The van der Waals surface area contributed by atoms with Crippen LogP contribution in [0.5, 0.6) is 17.2 Å². The second-order valence-electron chi connectivity index (χ2n) is 8.60. The normalized spacial score (nSPS) is 18.7. The average Bonchev–Trinajstić information content (AvgIpc) is 3.54. The predicted molar refractivity (Wildman–Crippen MR) is 140 cm³/mol. The highest BCUT2D eigenvalue weighted by molar-refractivity contribution is 9.10. The van der Waals surface area contributed by atoms with Gasteiger partial charge in [0.25, 0.3) is 0 Å². The van der Waals surface area contributed by atoms with Gasteiger partial charge in [-0.15, -0.1) is 11.3 Å². The highest BCUT2D eigenvalue weighted by Crippen LogP contribution is 2.49. The summed E-state index contributed by atoms with van der Waals surface area (Å²) in [6.45, 7) is 2.91. The minimum atomic E-state index is -0.344. The van der Waals surface area contributed by atoms with Gasteiger partial charge in [-0.05, 0) is 54.3 Å². The molecule has 2 aliphatic rings. The summed E-state index contributed by atoms with van der Waals surface area (Å²) in [6, 6.07) is 16.6. The Morgan fingerprint density at radius 1 is 1.12 bits per heavy atom. The van der Waals surface area contributed by atoms with Gasteiger partial charge in [-0.3, -0.25) is 0 Å². The molecule has 0 saturated carbocycles. The Morgan fingerprint density at radius 3 is 2.82 bits per heavy atom. The molecule has 0 radical (unpaired) electrons. The van der Waals surface area contributed by atoms with E-state index in [9.17, 15) is 0 Å². The van der Waals surface area contributed by atoms with E-state index in [0.29, 0.717) is 6.61 Å². The minimum absolute atomic E-state index is 0.115. The Morgan fingerprint density at radius 2 is 2.03 bits per heavy atom. The number of nitrogens with zero attached hydrogens (tertiary/aromatic N) is 2. The summed E-state index contributed by atoms with van der Waals surface area (Å²) in [5.41, 5.74) is 3.24. The number of thiophene rings is 1. The van der Waals surface area contributed by atoms with Crippen molar-refractivity contribution >= 4 is 33.0 Å². The molecule has 0 N–H and O–H groups in total.